The zero-order chi connectivity index (χ0) is 43.9. The molecule has 2 amide bonds. The molecule has 11 N–H and O–H groups in total. The van der Waals surface area contributed by atoms with E-state index in [1.54, 1.807) is 6.08 Å². The Bertz CT molecular complexity index is 1610. The normalized spacial score (nSPS) is 33.8. The Kier molecular flexibility index (Phi) is 20.2. The maximum absolute atomic E-state index is 13.2. The molecule has 0 bridgehead atoms. The Morgan fingerprint density at radius 3 is 1.90 bits per heavy atom. The number of allylic oxidation sites excluding steroid dienone is 1. The minimum atomic E-state index is -1.85. The van der Waals surface area contributed by atoms with Gasteiger partial charge < -0.3 is 70.4 Å². The van der Waals surface area contributed by atoms with Crippen molar-refractivity contribution >= 4 is 11.8 Å². The number of amides is 2. The predicted molar refractivity (Wildman–Crippen MR) is 212 cm³/mol. The van der Waals surface area contributed by atoms with E-state index < -0.39 is 128 Å². The number of aliphatic hydroxyl groups is 8. The predicted octanol–water partition coefficient (Wildman–Crippen LogP) is -1.55. The number of hydrogen-bond donors (Lipinski definition) is 11. The van der Waals surface area contributed by atoms with Gasteiger partial charge >= 0.3 is 5.69 Å². The number of carbonyl (C=O) groups is 2. The van der Waals surface area contributed by atoms with E-state index in [1.807, 2.05) is 4.98 Å². The highest BCUT2D eigenvalue weighted by Gasteiger charge is 2.53. The van der Waals surface area contributed by atoms with E-state index in [9.17, 15) is 60.0 Å². The highest BCUT2D eigenvalue weighted by atomic mass is 16.8. The summed E-state index contributed by atoms with van der Waals surface area (Å²) in [6.45, 7) is 2.56. The summed E-state index contributed by atoms with van der Waals surface area (Å²) in [5.41, 5.74) is -1.68. The number of aliphatic hydroxyl groups excluding tert-OH is 8. The fourth-order valence-corrected chi connectivity index (χ4v) is 7.85. The molecule has 4 heterocycles. The topological polar surface area (TPSA) is 312 Å². The molecule has 20 nitrogen and oxygen atoms in total. The molecule has 1 aromatic rings. The quantitative estimate of drug-likeness (QED) is 0.0438. The van der Waals surface area contributed by atoms with Crippen molar-refractivity contribution < 1.29 is 69.4 Å². The third-order valence-electron chi connectivity index (χ3n) is 11.3. The van der Waals surface area contributed by atoms with E-state index in [0.717, 1.165) is 49.4 Å². The van der Waals surface area contributed by atoms with Crippen LogP contribution in [0.1, 0.15) is 110 Å². The van der Waals surface area contributed by atoms with Crippen molar-refractivity contribution in [3.63, 3.8) is 0 Å². The van der Waals surface area contributed by atoms with E-state index in [4.69, 9.17) is 18.9 Å². The summed E-state index contributed by atoms with van der Waals surface area (Å²) in [7, 11) is 0. The second-order valence-electron chi connectivity index (χ2n) is 16.0. The monoisotopic (exact) mass is 858 g/mol. The average Bonchev–Trinajstić information content (AvgIpc) is 3.50. The fourth-order valence-electron chi connectivity index (χ4n) is 7.85. The zero-order valence-corrected chi connectivity index (χ0v) is 34.4. The zero-order valence-electron chi connectivity index (χ0n) is 34.4. The van der Waals surface area contributed by atoms with E-state index in [-0.39, 0.29) is 0 Å². The molecule has 20 heteroatoms. The van der Waals surface area contributed by atoms with Gasteiger partial charge in [-0.2, -0.15) is 0 Å². The number of rotatable bonds is 23. The van der Waals surface area contributed by atoms with Crippen LogP contribution in [-0.4, -0.2) is 155 Å². The molecule has 0 radical (unpaired) electrons. The van der Waals surface area contributed by atoms with Crippen LogP contribution in [0.15, 0.2) is 34.0 Å². The second kappa shape index (κ2) is 24.5. The first-order chi connectivity index (χ1) is 28.7. The smallest absolute Gasteiger partial charge is 0.330 e. The van der Waals surface area contributed by atoms with Crippen molar-refractivity contribution in [3.05, 3.63) is 45.3 Å². The number of hydrogen-bond acceptors (Lipinski definition) is 16. The number of unbranched alkanes of at least 4 members (excludes halogenated alkanes) is 12. The SMILES string of the molecule is CCCCCCCCCCCCCC/C=C/C(=O)NC1C(OC2OC(CO)C(O)C(O)C2NC(C)=O)OC(CC(O)C2OC(n3ccc(=O)[nH]c3=O)C(O)C2O)C(O)C1O. The van der Waals surface area contributed by atoms with Gasteiger partial charge in [0.05, 0.1) is 18.8 Å². The highest BCUT2D eigenvalue weighted by Crippen LogP contribution is 2.34. The van der Waals surface area contributed by atoms with Crippen molar-refractivity contribution in [3.8, 4) is 0 Å². The van der Waals surface area contributed by atoms with Gasteiger partial charge in [-0.3, -0.25) is 23.9 Å². The molecule has 0 spiro atoms. The molecule has 3 aliphatic rings. The van der Waals surface area contributed by atoms with Crippen LogP contribution in [-0.2, 0) is 28.5 Å². The molecular formula is C40H66N4O16. The van der Waals surface area contributed by atoms with E-state index in [0.29, 0.717) is 6.42 Å². The number of nitrogens with one attached hydrogen (secondary N) is 3. The Morgan fingerprint density at radius 1 is 0.783 bits per heavy atom. The first-order valence-corrected chi connectivity index (χ1v) is 21.2. The molecule has 60 heavy (non-hydrogen) atoms. The number of carbonyl (C=O) groups excluding carboxylic acids is 2. The minimum absolute atomic E-state index is 0.597. The maximum Gasteiger partial charge on any atom is 0.330 e. The van der Waals surface area contributed by atoms with Crippen LogP contribution < -0.4 is 21.9 Å². The summed E-state index contributed by atoms with van der Waals surface area (Å²) in [6, 6.07) is -2.01. The molecule has 1 aromatic heterocycles. The summed E-state index contributed by atoms with van der Waals surface area (Å²) in [6.07, 6.45) is -3.63. The fraction of sp³-hybridized carbons (Fsp3) is 0.800. The molecule has 4 rings (SSSR count). The molecular weight excluding hydrogens is 792 g/mol. The Labute approximate surface area is 348 Å². The van der Waals surface area contributed by atoms with Crippen LogP contribution in [0.2, 0.25) is 0 Å². The van der Waals surface area contributed by atoms with E-state index >= 15 is 0 Å². The van der Waals surface area contributed by atoms with Gasteiger partial charge in [0.2, 0.25) is 11.8 Å². The van der Waals surface area contributed by atoms with Gasteiger partial charge in [-0.1, -0.05) is 83.6 Å². The van der Waals surface area contributed by atoms with Gasteiger partial charge in [-0.15, -0.1) is 0 Å². The molecule has 3 fully saturated rings. The van der Waals surface area contributed by atoms with Gasteiger partial charge in [0, 0.05) is 25.6 Å². The second-order valence-corrected chi connectivity index (χ2v) is 16.0. The summed E-state index contributed by atoms with van der Waals surface area (Å²) in [5, 5.41) is 91.5. The lowest BCUT2D eigenvalue weighted by molar-refractivity contribution is -0.346. The van der Waals surface area contributed by atoms with Crippen LogP contribution in [0.4, 0.5) is 0 Å². The van der Waals surface area contributed by atoms with Gasteiger partial charge in [0.25, 0.3) is 5.56 Å². The van der Waals surface area contributed by atoms with Crippen LogP contribution in [0.3, 0.4) is 0 Å². The van der Waals surface area contributed by atoms with Crippen molar-refractivity contribution in [2.45, 2.75) is 196 Å². The number of H-pyrrole nitrogens is 1. The van der Waals surface area contributed by atoms with E-state index in [2.05, 4.69) is 17.6 Å². The highest BCUT2D eigenvalue weighted by molar-refractivity contribution is 5.87. The van der Waals surface area contributed by atoms with Crippen molar-refractivity contribution in [1.82, 2.24) is 20.2 Å². The first kappa shape index (κ1) is 49.5. The molecule has 3 aliphatic heterocycles. The van der Waals surface area contributed by atoms with Crippen LogP contribution in [0.25, 0.3) is 0 Å². The lowest BCUT2D eigenvalue weighted by Crippen LogP contribution is -2.68. The number of aromatic amines is 1. The van der Waals surface area contributed by atoms with Gasteiger partial charge in [0.1, 0.15) is 60.9 Å². The summed E-state index contributed by atoms with van der Waals surface area (Å²) in [4.78, 5) is 51.2. The molecule has 0 saturated carbocycles. The number of nitrogens with zero attached hydrogens (tertiary/aromatic N) is 1. The molecule has 15 unspecified atom stereocenters. The lowest BCUT2D eigenvalue weighted by atomic mass is 9.91. The Morgan fingerprint density at radius 2 is 1.33 bits per heavy atom. The van der Waals surface area contributed by atoms with Gasteiger partial charge in [0.15, 0.2) is 18.8 Å². The van der Waals surface area contributed by atoms with Gasteiger partial charge in [-0.05, 0) is 18.9 Å². The van der Waals surface area contributed by atoms with Crippen molar-refractivity contribution in [2.75, 3.05) is 6.61 Å². The molecule has 342 valence electrons. The Hall–Kier alpha value is -3.12. The Balaban J connectivity index is 1.42. The number of ether oxygens (including phenoxy) is 4. The lowest BCUT2D eigenvalue weighted by Gasteiger charge is -2.47. The van der Waals surface area contributed by atoms with Crippen molar-refractivity contribution in [1.29, 1.82) is 0 Å². The maximum atomic E-state index is 13.2. The van der Waals surface area contributed by atoms with Crippen LogP contribution in [0, 0.1) is 0 Å². The average molecular weight is 859 g/mol. The van der Waals surface area contributed by atoms with Crippen LogP contribution in [0.5, 0.6) is 0 Å². The standard InChI is InChI=1S/C40H66N4O16/c1-3-4-5-6-7-8-9-10-11-12-13-14-15-16-17-26(48)42-29-33(53)30(50)24(57-39(29)60-38-28(41-22(2)46)32(52)31(51)25(21-45)58-38)20-23(47)36-34(54)35(55)37(59-36)44-19-18-27(49)43-40(44)56/h16-19,23-25,28-39,45,47,50-55H,3-15,20-21H2,1-2H3,(H,41,46)(H,42,48)(H,43,49,56)/b17-16+. The van der Waals surface area contributed by atoms with Crippen LogP contribution >= 0.6 is 0 Å². The van der Waals surface area contributed by atoms with Gasteiger partial charge in [-0.25, -0.2) is 4.79 Å². The van der Waals surface area contributed by atoms with Crippen molar-refractivity contribution in [2.24, 2.45) is 0 Å². The molecule has 0 aliphatic carbocycles. The summed E-state index contributed by atoms with van der Waals surface area (Å²) < 4.78 is 24.1. The molecule has 0 aromatic carbocycles. The number of aromatic nitrogens is 2. The third-order valence-corrected chi connectivity index (χ3v) is 11.3. The molecule has 15 atom stereocenters. The molecule has 3 saturated heterocycles. The van der Waals surface area contributed by atoms with E-state index in [1.165, 1.54) is 57.4 Å². The largest absolute Gasteiger partial charge is 0.394 e. The third kappa shape index (κ3) is 13.7. The first-order valence-electron chi connectivity index (χ1n) is 21.2. The summed E-state index contributed by atoms with van der Waals surface area (Å²) in [5.74, 6) is -1.35. The minimum Gasteiger partial charge on any atom is -0.394 e. The summed E-state index contributed by atoms with van der Waals surface area (Å²) >= 11 is 0.